The quantitative estimate of drug-likeness (QED) is 0.513. The minimum atomic E-state index is -3.97. The lowest BCUT2D eigenvalue weighted by Gasteiger charge is -2.26. The van der Waals surface area contributed by atoms with Crippen molar-refractivity contribution < 1.29 is 13.2 Å². The van der Waals surface area contributed by atoms with Crippen LogP contribution in [0.15, 0.2) is 77.7 Å². The number of nitrogens with one attached hydrogen (secondary N) is 2. The van der Waals surface area contributed by atoms with Crippen molar-refractivity contribution in [3.05, 3.63) is 94.5 Å². The number of carbonyl (C=O) groups is 1. The van der Waals surface area contributed by atoms with Crippen LogP contribution in [0.3, 0.4) is 0 Å². The Morgan fingerprint density at radius 1 is 0.968 bits per heavy atom. The van der Waals surface area contributed by atoms with E-state index >= 15 is 0 Å². The van der Waals surface area contributed by atoms with Crippen LogP contribution in [0.1, 0.15) is 35.3 Å². The third-order valence-corrected chi connectivity index (χ3v) is 6.56. The zero-order valence-corrected chi connectivity index (χ0v) is 19.2. The Bertz CT molecular complexity index is 1190. The minimum Gasteiger partial charge on any atom is -0.347 e. The number of aryl methyl sites for hydroxylation is 1. The maximum Gasteiger partial charge on any atom is 0.263 e. The van der Waals surface area contributed by atoms with Crippen molar-refractivity contribution in [2.75, 3.05) is 4.72 Å². The van der Waals surface area contributed by atoms with Gasteiger partial charge in [-0.05, 0) is 68.7 Å². The van der Waals surface area contributed by atoms with E-state index < -0.39 is 15.6 Å². The summed E-state index contributed by atoms with van der Waals surface area (Å²) in [5.74, 6) is -0.371. The summed E-state index contributed by atoms with van der Waals surface area (Å²) in [6.07, 6.45) is 0.632. The first kappa shape index (κ1) is 22.8. The van der Waals surface area contributed by atoms with Gasteiger partial charge in [-0.1, -0.05) is 54.1 Å². The number of rotatable bonds is 7. The van der Waals surface area contributed by atoms with E-state index in [2.05, 4.69) is 10.0 Å². The molecule has 0 unspecified atom stereocenters. The van der Waals surface area contributed by atoms with Gasteiger partial charge in [-0.25, -0.2) is 8.42 Å². The number of benzene rings is 3. The average molecular weight is 457 g/mol. The molecule has 3 aromatic carbocycles. The molecule has 0 aromatic heterocycles. The molecule has 31 heavy (non-hydrogen) atoms. The molecule has 0 bridgehead atoms. The van der Waals surface area contributed by atoms with Gasteiger partial charge in [0.2, 0.25) is 0 Å². The fourth-order valence-corrected chi connectivity index (χ4v) is 4.88. The fraction of sp³-hybridized carbons (Fsp3) is 0.208. The molecule has 3 rings (SSSR count). The molecule has 0 atom stereocenters. The first-order chi connectivity index (χ1) is 14.6. The van der Waals surface area contributed by atoms with Gasteiger partial charge in [0.15, 0.2) is 0 Å². The SMILES string of the molecule is Cc1cccc(NS(=O)(=O)c2cc(C(=O)NC(C)(C)Cc3ccccc3)ccc2Cl)c1. The summed E-state index contributed by atoms with van der Waals surface area (Å²) in [4.78, 5) is 12.7. The molecule has 162 valence electrons. The second kappa shape index (κ2) is 9.12. The van der Waals surface area contributed by atoms with Crippen LogP contribution in [0.4, 0.5) is 5.69 Å². The van der Waals surface area contributed by atoms with Gasteiger partial charge in [0.25, 0.3) is 15.9 Å². The topological polar surface area (TPSA) is 75.3 Å². The molecule has 0 saturated carbocycles. The average Bonchev–Trinajstić information content (AvgIpc) is 2.67. The van der Waals surface area contributed by atoms with Crippen molar-refractivity contribution >= 4 is 33.2 Å². The van der Waals surface area contributed by atoms with E-state index in [1.165, 1.54) is 18.2 Å². The lowest BCUT2D eigenvalue weighted by Crippen LogP contribution is -2.45. The third-order valence-electron chi connectivity index (χ3n) is 4.69. The summed E-state index contributed by atoms with van der Waals surface area (Å²) in [7, 11) is -3.97. The van der Waals surface area contributed by atoms with Gasteiger partial charge in [-0.15, -0.1) is 0 Å². The summed E-state index contributed by atoms with van der Waals surface area (Å²) < 4.78 is 28.3. The van der Waals surface area contributed by atoms with Crippen molar-refractivity contribution in [2.24, 2.45) is 0 Å². The number of hydrogen-bond acceptors (Lipinski definition) is 3. The Morgan fingerprint density at radius 2 is 1.68 bits per heavy atom. The van der Waals surface area contributed by atoms with Crippen molar-refractivity contribution in [2.45, 2.75) is 37.6 Å². The van der Waals surface area contributed by atoms with Crippen molar-refractivity contribution in [3.63, 3.8) is 0 Å². The summed E-state index contributed by atoms with van der Waals surface area (Å²) in [6, 6.07) is 21.1. The van der Waals surface area contributed by atoms with E-state index in [9.17, 15) is 13.2 Å². The van der Waals surface area contributed by atoms with E-state index in [-0.39, 0.29) is 21.4 Å². The van der Waals surface area contributed by atoms with Crippen LogP contribution in [0.25, 0.3) is 0 Å². The highest BCUT2D eigenvalue weighted by molar-refractivity contribution is 7.92. The molecule has 2 N–H and O–H groups in total. The van der Waals surface area contributed by atoms with Crippen LogP contribution < -0.4 is 10.0 Å². The standard InChI is InChI=1S/C24H25ClN2O3S/c1-17-8-7-11-20(14-17)27-31(29,30)22-15-19(12-13-21(22)25)23(28)26-24(2,3)16-18-9-5-4-6-10-18/h4-15,27H,16H2,1-3H3,(H,26,28). The molecule has 0 aliphatic heterocycles. The number of sulfonamides is 1. The van der Waals surface area contributed by atoms with Crippen LogP contribution in [0, 0.1) is 6.92 Å². The lowest BCUT2D eigenvalue weighted by atomic mass is 9.94. The molecule has 0 heterocycles. The largest absolute Gasteiger partial charge is 0.347 e. The molecule has 0 spiro atoms. The first-order valence-electron chi connectivity index (χ1n) is 9.81. The molecule has 1 amide bonds. The molecule has 0 aliphatic rings. The van der Waals surface area contributed by atoms with Crippen molar-refractivity contribution in [3.8, 4) is 0 Å². The molecular formula is C24H25ClN2O3S. The predicted molar refractivity (Wildman–Crippen MR) is 125 cm³/mol. The summed E-state index contributed by atoms with van der Waals surface area (Å²) in [5.41, 5.74) is 2.12. The summed E-state index contributed by atoms with van der Waals surface area (Å²) >= 11 is 6.17. The molecule has 3 aromatic rings. The van der Waals surface area contributed by atoms with E-state index in [1.807, 2.05) is 57.2 Å². The van der Waals surface area contributed by atoms with Gasteiger partial charge < -0.3 is 5.32 Å². The van der Waals surface area contributed by atoms with Gasteiger partial charge in [-0.2, -0.15) is 0 Å². The highest BCUT2D eigenvalue weighted by Crippen LogP contribution is 2.26. The number of amides is 1. The lowest BCUT2D eigenvalue weighted by molar-refractivity contribution is 0.0913. The number of halogens is 1. The van der Waals surface area contributed by atoms with E-state index in [1.54, 1.807) is 18.2 Å². The second-order valence-electron chi connectivity index (χ2n) is 8.12. The van der Waals surface area contributed by atoms with Crippen LogP contribution >= 0.6 is 11.6 Å². The van der Waals surface area contributed by atoms with E-state index in [0.717, 1.165) is 11.1 Å². The molecular weight excluding hydrogens is 432 g/mol. The molecule has 5 nitrogen and oxygen atoms in total. The first-order valence-corrected chi connectivity index (χ1v) is 11.7. The molecule has 7 heteroatoms. The zero-order chi connectivity index (χ0) is 22.6. The smallest absolute Gasteiger partial charge is 0.263 e. The molecule has 0 saturated heterocycles. The summed E-state index contributed by atoms with van der Waals surface area (Å²) in [6.45, 7) is 5.71. The maximum absolute atomic E-state index is 12.9. The molecule has 0 aliphatic carbocycles. The second-order valence-corrected chi connectivity index (χ2v) is 10.2. The van der Waals surface area contributed by atoms with E-state index in [4.69, 9.17) is 11.6 Å². The van der Waals surface area contributed by atoms with Gasteiger partial charge in [-0.3, -0.25) is 9.52 Å². The van der Waals surface area contributed by atoms with Gasteiger partial charge in [0, 0.05) is 16.8 Å². The van der Waals surface area contributed by atoms with Gasteiger partial charge >= 0.3 is 0 Å². The Hall–Kier alpha value is -2.83. The Kier molecular flexibility index (Phi) is 6.72. The Morgan fingerprint density at radius 3 is 2.35 bits per heavy atom. The number of hydrogen-bond donors (Lipinski definition) is 2. The van der Waals surface area contributed by atoms with Crippen LogP contribution in [-0.2, 0) is 16.4 Å². The number of carbonyl (C=O) groups excluding carboxylic acids is 1. The normalized spacial score (nSPS) is 11.7. The van der Waals surface area contributed by atoms with Crippen LogP contribution in [0.2, 0.25) is 5.02 Å². The monoisotopic (exact) mass is 456 g/mol. The minimum absolute atomic E-state index is 0.0419. The van der Waals surface area contributed by atoms with E-state index in [0.29, 0.717) is 12.1 Å². The van der Waals surface area contributed by atoms with Gasteiger partial charge in [0.05, 0.1) is 5.02 Å². The predicted octanol–water partition coefficient (Wildman–Crippen LogP) is 5.20. The number of anilines is 1. The Labute approximate surface area is 188 Å². The van der Waals surface area contributed by atoms with Gasteiger partial charge in [0.1, 0.15) is 4.90 Å². The fourth-order valence-electron chi connectivity index (χ4n) is 3.30. The highest BCUT2D eigenvalue weighted by atomic mass is 35.5. The van der Waals surface area contributed by atoms with Crippen molar-refractivity contribution in [1.82, 2.24) is 5.32 Å². The zero-order valence-electron chi connectivity index (χ0n) is 17.6. The maximum atomic E-state index is 12.9. The van der Waals surface area contributed by atoms with Crippen molar-refractivity contribution in [1.29, 1.82) is 0 Å². The molecule has 0 radical (unpaired) electrons. The summed E-state index contributed by atoms with van der Waals surface area (Å²) in [5, 5.41) is 3.02. The molecule has 0 fully saturated rings. The third kappa shape index (κ3) is 6.09. The van der Waals surface area contributed by atoms with Crippen LogP contribution in [0.5, 0.6) is 0 Å². The highest BCUT2D eigenvalue weighted by Gasteiger charge is 2.24. The Balaban J connectivity index is 1.82. The van der Waals surface area contributed by atoms with Crippen LogP contribution in [-0.4, -0.2) is 19.9 Å².